The molecule has 2 aromatic rings. The molecule has 2 aromatic carbocycles. The minimum Gasteiger partial charge on any atom is -0.378 e. The van der Waals surface area contributed by atoms with Gasteiger partial charge in [-0.05, 0) is 37.3 Å². The third-order valence-electron chi connectivity index (χ3n) is 4.43. The van der Waals surface area contributed by atoms with Crippen molar-refractivity contribution in [2.75, 3.05) is 31.6 Å². The van der Waals surface area contributed by atoms with Crippen LogP contribution in [0.3, 0.4) is 0 Å². The van der Waals surface area contributed by atoms with E-state index in [1.807, 2.05) is 0 Å². The minimum atomic E-state index is -0.516. The highest BCUT2D eigenvalue weighted by atomic mass is 16.6. The van der Waals surface area contributed by atoms with E-state index in [0.717, 1.165) is 0 Å². The molecule has 0 aliphatic carbocycles. The highest BCUT2D eigenvalue weighted by Gasteiger charge is 2.20. The first-order chi connectivity index (χ1) is 13.0. The van der Waals surface area contributed by atoms with Crippen LogP contribution < -0.4 is 5.32 Å². The molecule has 1 N–H and O–H groups in total. The van der Waals surface area contributed by atoms with Crippen LogP contribution in [0, 0.1) is 17.0 Å². The molecule has 1 heterocycles. The number of nitro groups is 1. The molecule has 0 atom stereocenters. The van der Waals surface area contributed by atoms with Crippen molar-refractivity contribution in [1.29, 1.82) is 0 Å². The lowest BCUT2D eigenvalue weighted by Crippen LogP contribution is -2.40. The van der Waals surface area contributed by atoms with E-state index < -0.39 is 10.8 Å². The van der Waals surface area contributed by atoms with Crippen LogP contribution in [-0.2, 0) is 4.74 Å². The second-order valence-corrected chi connectivity index (χ2v) is 6.14. The topological polar surface area (TPSA) is 102 Å². The normalized spacial score (nSPS) is 13.9. The maximum Gasteiger partial charge on any atom is 0.273 e. The standard InChI is InChI=1S/C19H19N3O5/c1-13-16(3-2-4-17(13)22(25)26)18(23)20-15-7-5-14(6-8-15)19(24)21-9-11-27-12-10-21/h2-8H,9-12H2,1H3,(H,20,23). The van der Waals surface area contributed by atoms with E-state index in [9.17, 15) is 19.7 Å². The summed E-state index contributed by atoms with van der Waals surface area (Å²) in [7, 11) is 0. The number of nitro benzene ring substituents is 1. The molecule has 0 radical (unpaired) electrons. The first-order valence-corrected chi connectivity index (χ1v) is 8.50. The lowest BCUT2D eigenvalue weighted by Gasteiger charge is -2.26. The summed E-state index contributed by atoms with van der Waals surface area (Å²) >= 11 is 0. The molecular formula is C19H19N3O5. The van der Waals surface area contributed by atoms with Gasteiger partial charge in [-0.2, -0.15) is 0 Å². The summed E-state index contributed by atoms with van der Waals surface area (Å²) in [6.45, 7) is 3.72. The van der Waals surface area contributed by atoms with E-state index in [1.165, 1.54) is 25.1 Å². The SMILES string of the molecule is Cc1c(C(=O)Nc2ccc(C(=O)N3CCOCC3)cc2)cccc1[N+](=O)[O-]. The van der Waals surface area contributed by atoms with Crippen molar-refractivity contribution < 1.29 is 19.2 Å². The third kappa shape index (κ3) is 4.12. The number of benzene rings is 2. The van der Waals surface area contributed by atoms with Crippen molar-refractivity contribution >= 4 is 23.2 Å². The molecule has 8 nitrogen and oxygen atoms in total. The van der Waals surface area contributed by atoms with Crippen molar-refractivity contribution in [2.24, 2.45) is 0 Å². The lowest BCUT2D eigenvalue weighted by molar-refractivity contribution is -0.385. The van der Waals surface area contributed by atoms with Crippen LogP contribution in [0.4, 0.5) is 11.4 Å². The van der Waals surface area contributed by atoms with Crippen molar-refractivity contribution in [2.45, 2.75) is 6.92 Å². The fourth-order valence-corrected chi connectivity index (χ4v) is 2.91. The zero-order valence-electron chi connectivity index (χ0n) is 14.8. The van der Waals surface area contributed by atoms with Gasteiger partial charge in [-0.15, -0.1) is 0 Å². The Hall–Kier alpha value is -3.26. The van der Waals surface area contributed by atoms with Gasteiger partial charge in [-0.25, -0.2) is 0 Å². The van der Waals surface area contributed by atoms with Crippen molar-refractivity contribution in [3.05, 3.63) is 69.3 Å². The molecule has 2 amide bonds. The predicted molar refractivity (Wildman–Crippen MR) is 99.0 cm³/mol. The number of carbonyl (C=O) groups excluding carboxylic acids is 2. The van der Waals surface area contributed by atoms with Crippen LogP contribution in [0.5, 0.6) is 0 Å². The first-order valence-electron chi connectivity index (χ1n) is 8.50. The average molecular weight is 369 g/mol. The fourth-order valence-electron chi connectivity index (χ4n) is 2.91. The predicted octanol–water partition coefficient (Wildman–Crippen LogP) is 2.63. The van der Waals surface area contributed by atoms with Crippen LogP contribution >= 0.6 is 0 Å². The molecule has 3 rings (SSSR count). The van der Waals surface area contributed by atoms with E-state index in [4.69, 9.17) is 4.74 Å². The number of rotatable bonds is 4. The number of hydrogen-bond donors (Lipinski definition) is 1. The Labute approximate surface area is 155 Å². The Kier molecular flexibility index (Phi) is 5.46. The Bertz CT molecular complexity index is 873. The molecule has 1 saturated heterocycles. The van der Waals surface area contributed by atoms with Gasteiger partial charge in [0.1, 0.15) is 0 Å². The molecule has 0 saturated carbocycles. The summed E-state index contributed by atoms with van der Waals surface area (Å²) in [6, 6.07) is 10.9. The van der Waals surface area contributed by atoms with E-state index in [-0.39, 0.29) is 17.2 Å². The molecule has 140 valence electrons. The van der Waals surface area contributed by atoms with Gasteiger partial charge in [0, 0.05) is 41.5 Å². The van der Waals surface area contributed by atoms with Gasteiger partial charge in [0.15, 0.2) is 0 Å². The number of nitrogens with one attached hydrogen (secondary N) is 1. The number of hydrogen-bond acceptors (Lipinski definition) is 5. The van der Waals surface area contributed by atoms with Gasteiger partial charge in [0.2, 0.25) is 0 Å². The quantitative estimate of drug-likeness (QED) is 0.659. The van der Waals surface area contributed by atoms with E-state index in [0.29, 0.717) is 43.1 Å². The fraction of sp³-hybridized carbons (Fsp3) is 0.263. The highest BCUT2D eigenvalue weighted by Crippen LogP contribution is 2.22. The largest absolute Gasteiger partial charge is 0.378 e. The van der Waals surface area contributed by atoms with Crippen molar-refractivity contribution in [3.8, 4) is 0 Å². The molecule has 8 heteroatoms. The van der Waals surface area contributed by atoms with Gasteiger partial charge in [0.05, 0.1) is 18.1 Å². The Morgan fingerprint density at radius 3 is 2.41 bits per heavy atom. The molecule has 0 aromatic heterocycles. The van der Waals surface area contributed by atoms with Gasteiger partial charge < -0.3 is 15.0 Å². The molecule has 0 spiro atoms. The molecule has 1 fully saturated rings. The van der Waals surface area contributed by atoms with Gasteiger partial charge in [0.25, 0.3) is 17.5 Å². The van der Waals surface area contributed by atoms with Gasteiger partial charge in [-0.1, -0.05) is 6.07 Å². The molecule has 0 bridgehead atoms. The molecule has 27 heavy (non-hydrogen) atoms. The number of nitrogens with zero attached hydrogens (tertiary/aromatic N) is 2. The Balaban J connectivity index is 1.71. The number of carbonyl (C=O) groups is 2. The van der Waals surface area contributed by atoms with E-state index in [2.05, 4.69) is 5.32 Å². The second kappa shape index (κ2) is 7.96. The summed E-state index contributed by atoms with van der Waals surface area (Å²) in [5.74, 6) is -0.519. The Morgan fingerprint density at radius 2 is 1.78 bits per heavy atom. The Morgan fingerprint density at radius 1 is 1.11 bits per heavy atom. The average Bonchev–Trinajstić information content (AvgIpc) is 2.68. The lowest BCUT2D eigenvalue weighted by atomic mass is 10.1. The van der Waals surface area contributed by atoms with E-state index in [1.54, 1.807) is 29.2 Å². The van der Waals surface area contributed by atoms with Crippen molar-refractivity contribution in [1.82, 2.24) is 4.90 Å². The zero-order valence-corrected chi connectivity index (χ0v) is 14.8. The summed E-state index contributed by atoms with van der Waals surface area (Å²) in [6.07, 6.45) is 0. The number of morpholine rings is 1. The molecule has 1 aliphatic rings. The summed E-state index contributed by atoms with van der Waals surface area (Å²) < 4.78 is 5.24. The molecule has 1 aliphatic heterocycles. The number of amides is 2. The minimum absolute atomic E-state index is 0.0781. The smallest absolute Gasteiger partial charge is 0.273 e. The third-order valence-corrected chi connectivity index (χ3v) is 4.43. The van der Waals surface area contributed by atoms with Crippen LogP contribution in [0.2, 0.25) is 0 Å². The van der Waals surface area contributed by atoms with Crippen LogP contribution in [0.25, 0.3) is 0 Å². The summed E-state index contributed by atoms with van der Waals surface area (Å²) in [5.41, 5.74) is 1.47. The maximum atomic E-state index is 12.5. The van der Waals surface area contributed by atoms with Crippen molar-refractivity contribution in [3.63, 3.8) is 0 Å². The van der Waals surface area contributed by atoms with Crippen LogP contribution in [0.15, 0.2) is 42.5 Å². The first kappa shape index (κ1) is 18.5. The molecule has 0 unspecified atom stereocenters. The maximum absolute atomic E-state index is 12.5. The monoisotopic (exact) mass is 369 g/mol. The van der Waals surface area contributed by atoms with Gasteiger partial charge >= 0.3 is 0 Å². The molecular weight excluding hydrogens is 350 g/mol. The van der Waals surface area contributed by atoms with Gasteiger partial charge in [-0.3, -0.25) is 19.7 Å². The van der Waals surface area contributed by atoms with Crippen LogP contribution in [0.1, 0.15) is 26.3 Å². The zero-order chi connectivity index (χ0) is 19.4. The van der Waals surface area contributed by atoms with Crippen LogP contribution in [-0.4, -0.2) is 47.9 Å². The number of ether oxygens (including phenoxy) is 1. The number of anilines is 1. The summed E-state index contributed by atoms with van der Waals surface area (Å²) in [5, 5.41) is 13.7. The van der Waals surface area contributed by atoms with E-state index >= 15 is 0 Å². The second-order valence-electron chi connectivity index (χ2n) is 6.14. The highest BCUT2D eigenvalue weighted by molar-refractivity contribution is 6.06. The summed E-state index contributed by atoms with van der Waals surface area (Å²) in [4.78, 5) is 37.1.